The molecule has 6 heteroatoms. The molecule has 0 unspecified atom stereocenters. The maximum Gasteiger partial charge on any atom is 0.243 e. The quantitative estimate of drug-likeness (QED) is 0.691. The summed E-state index contributed by atoms with van der Waals surface area (Å²) in [5.41, 5.74) is 4.15. The number of anilines is 2. The highest BCUT2D eigenvalue weighted by atomic mass is 32.2. The van der Waals surface area contributed by atoms with Crippen molar-refractivity contribution >= 4 is 32.4 Å². The number of benzene rings is 2. The summed E-state index contributed by atoms with van der Waals surface area (Å²) >= 11 is 0. The molecule has 3 aromatic rings. The Morgan fingerprint density at radius 1 is 0.893 bits per heavy atom. The normalized spacial score (nSPS) is 15.6. The van der Waals surface area contributed by atoms with Crippen LogP contribution in [0.5, 0.6) is 0 Å². The van der Waals surface area contributed by atoms with Gasteiger partial charge in [-0.2, -0.15) is 4.31 Å². The van der Waals surface area contributed by atoms with Gasteiger partial charge in [0.15, 0.2) is 0 Å². The van der Waals surface area contributed by atoms with Gasteiger partial charge in [0.05, 0.1) is 10.4 Å². The molecule has 1 fully saturated rings. The maximum atomic E-state index is 12.9. The van der Waals surface area contributed by atoms with E-state index in [9.17, 15) is 8.42 Å². The summed E-state index contributed by atoms with van der Waals surface area (Å²) in [6, 6.07) is 15.3. The van der Waals surface area contributed by atoms with Crippen LogP contribution in [0.15, 0.2) is 53.4 Å². The van der Waals surface area contributed by atoms with Gasteiger partial charge >= 0.3 is 0 Å². The van der Waals surface area contributed by atoms with Gasteiger partial charge in [0, 0.05) is 24.2 Å². The molecule has 2 aromatic carbocycles. The average Bonchev–Trinajstić information content (AvgIpc) is 2.67. The molecule has 4 rings (SSSR count). The Morgan fingerprint density at radius 3 is 2.32 bits per heavy atom. The lowest BCUT2D eigenvalue weighted by Crippen LogP contribution is -2.35. The zero-order valence-corrected chi connectivity index (χ0v) is 17.1. The number of aromatic nitrogens is 1. The number of hydrogen-bond donors (Lipinski definition) is 1. The summed E-state index contributed by atoms with van der Waals surface area (Å²) in [5, 5.41) is 4.16. The summed E-state index contributed by atoms with van der Waals surface area (Å²) in [4.78, 5) is 4.99. The van der Waals surface area contributed by atoms with Crippen molar-refractivity contribution in [1.29, 1.82) is 0 Å². The third-order valence-corrected chi connectivity index (χ3v) is 7.00. The number of nitrogens with one attached hydrogen (secondary N) is 1. The van der Waals surface area contributed by atoms with Crippen molar-refractivity contribution in [2.45, 2.75) is 38.0 Å². The molecule has 28 heavy (non-hydrogen) atoms. The van der Waals surface area contributed by atoms with Gasteiger partial charge in [-0.25, -0.2) is 13.4 Å². The minimum absolute atomic E-state index is 0.346. The van der Waals surface area contributed by atoms with Crippen molar-refractivity contribution in [1.82, 2.24) is 9.29 Å². The second-order valence-electron chi connectivity index (χ2n) is 7.52. The Balaban J connectivity index is 1.62. The van der Waals surface area contributed by atoms with Crippen molar-refractivity contribution in [3.63, 3.8) is 0 Å². The Morgan fingerprint density at radius 2 is 1.61 bits per heavy atom. The molecule has 1 N–H and O–H groups in total. The average molecular weight is 396 g/mol. The minimum Gasteiger partial charge on any atom is -0.340 e. The van der Waals surface area contributed by atoms with Gasteiger partial charge in [-0.1, -0.05) is 12.5 Å². The number of hydrogen-bond acceptors (Lipinski definition) is 4. The van der Waals surface area contributed by atoms with E-state index in [1.165, 1.54) is 11.1 Å². The van der Waals surface area contributed by atoms with E-state index < -0.39 is 10.0 Å². The van der Waals surface area contributed by atoms with E-state index in [0.29, 0.717) is 18.0 Å². The van der Waals surface area contributed by atoms with Crippen LogP contribution in [-0.2, 0) is 10.0 Å². The zero-order valence-electron chi connectivity index (χ0n) is 16.3. The lowest BCUT2D eigenvalue weighted by molar-refractivity contribution is 0.346. The standard InChI is InChI=1S/C22H25N3O2S/c1-16-12-17(2)14-19(13-16)23-22-9-6-18-15-20(7-8-21(18)24-22)28(26,27)25-10-4-3-5-11-25/h6-9,12-15H,3-5,10-11H2,1-2H3,(H,23,24). The summed E-state index contributed by atoms with van der Waals surface area (Å²) in [6.45, 7) is 5.35. The summed E-state index contributed by atoms with van der Waals surface area (Å²) in [6.07, 6.45) is 2.97. The zero-order chi connectivity index (χ0) is 19.7. The summed E-state index contributed by atoms with van der Waals surface area (Å²) in [7, 11) is -3.43. The molecule has 5 nitrogen and oxygen atoms in total. The Labute approximate surface area is 166 Å². The number of sulfonamides is 1. The first-order valence-corrected chi connectivity index (χ1v) is 11.1. The fraction of sp³-hybridized carbons (Fsp3) is 0.318. The molecule has 2 heterocycles. The number of rotatable bonds is 4. The predicted octanol–water partition coefficient (Wildman–Crippen LogP) is 4.77. The van der Waals surface area contributed by atoms with Crippen LogP contribution in [0.2, 0.25) is 0 Å². The van der Waals surface area contributed by atoms with Gasteiger partial charge < -0.3 is 5.32 Å². The molecule has 0 radical (unpaired) electrons. The molecular weight excluding hydrogens is 370 g/mol. The highest BCUT2D eigenvalue weighted by Gasteiger charge is 2.26. The first-order chi connectivity index (χ1) is 13.4. The van der Waals surface area contributed by atoms with E-state index in [1.54, 1.807) is 22.5 Å². The van der Waals surface area contributed by atoms with Crippen molar-refractivity contribution in [2.24, 2.45) is 0 Å². The van der Waals surface area contributed by atoms with Crippen molar-refractivity contribution in [2.75, 3.05) is 18.4 Å². The molecule has 0 aliphatic carbocycles. The molecule has 0 spiro atoms. The van der Waals surface area contributed by atoms with Crippen molar-refractivity contribution in [3.8, 4) is 0 Å². The van der Waals surface area contributed by atoms with E-state index in [2.05, 4.69) is 42.3 Å². The van der Waals surface area contributed by atoms with Crippen LogP contribution in [-0.4, -0.2) is 30.8 Å². The van der Waals surface area contributed by atoms with E-state index in [-0.39, 0.29) is 0 Å². The van der Waals surface area contributed by atoms with Gasteiger partial charge in [0.2, 0.25) is 10.0 Å². The highest BCUT2D eigenvalue weighted by molar-refractivity contribution is 7.89. The van der Waals surface area contributed by atoms with Crippen LogP contribution in [0.4, 0.5) is 11.5 Å². The van der Waals surface area contributed by atoms with Gasteiger partial charge in [0.25, 0.3) is 0 Å². The molecule has 0 saturated carbocycles. The topological polar surface area (TPSA) is 62.3 Å². The molecule has 0 amide bonds. The largest absolute Gasteiger partial charge is 0.340 e. The van der Waals surface area contributed by atoms with E-state index in [1.807, 2.05) is 12.1 Å². The summed E-state index contributed by atoms with van der Waals surface area (Å²) < 4.78 is 27.4. The maximum absolute atomic E-state index is 12.9. The molecular formula is C22H25N3O2S. The SMILES string of the molecule is Cc1cc(C)cc(Nc2ccc3cc(S(=O)(=O)N4CCCCC4)ccc3n2)c1. The lowest BCUT2D eigenvalue weighted by atomic mass is 10.1. The second kappa shape index (κ2) is 7.53. The smallest absolute Gasteiger partial charge is 0.243 e. The fourth-order valence-corrected chi connectivity index (χ4v) is 5.34. The number of aryl methyl sites for hydroxylation is 2. The number of fused-ring (bicyclic) bond motifs is 1. The van der Waals surface area contributed by atoms with E-state index in [0.717, 1.165) is 41.7 Å². The molecule has 1 aromatic heterocycles. The summed E-state index contributed by atoms with van der Waals surface area (Å²) in [5.74, 6) is 0.740. The number of pyridine rings is 1. The third kappa shape index (κ3) is 3.88. The molecule has 1 aliphatic rings. The van der Waals surface area contributed by atoms with Crippen LogP contribution in [0.1, 0.15) is 30.4 Å². The van der Waals surface area contributed by atoms with E-state index in [4.69, 9.17) is 0 Å². The molecule has 0 atom stereocenters. The Kier molecular flexibility index (Phi) is 5.08. The van der Waals surface area contributed by atoms with Crippen LogP contribution in [0.3, 0.4) is 0 Å². The van der Waals surface area contributed by atoms with Gasteiger partial charge in [0.1, 0.15) is 5.82 Å². The minimum atomic E-state index is -3.43. The monoisotopic (exact) mass is 395 g/mol. The van der Waals surface area contributed by atoms with Gasteiger partial charge in [-0.15, -0.1) is 0 Å². The van der Waals surface area contributed by atoms with Crippen LogP contribution >= 0.6 is 0 Å². The number of piperidine rings is 1. The van der Waals surface area contributed by atoms with Crippen LogP contribution in [0.25, 0.3) is 10.9 Å². The van der Waals surface area contributed by atoms with E-state index >= 15 is 0 Å². The van der Waals surface area contributed by atoms with Crippen LogP contribution < -0.4 is 5.32 Å². The van der Waals surface area contributed by atoms with Gasteiger partial charge in [-0.05, 0) is 80.3 Å². The third-order valence-electron chi connectivity index (χ3n) is 5.11. The number of nitrogens with zero attached hydrogens (tertiary/aromatic N) is 2. The first-order valence-electron chi connectivity index (χ1n) is 9.68. The van der Waals surface area contributed by atoms with Crippen LogP contribution in [0, 0.1) is 13.8 Å². The Hall–Kier alpha value is -2.44. The lowest BCUT2D eigenvalue weighted by Gasteiger charge is -2.25. The van der Waals surface area contributed by atoms with Gasteiger partial charge in [-0.3, -0.25) is 0 Å². The predicted molar refractivity (Wildman–Crippen MR) is 114 cm³/mol. The highest BCUT2D eigenvalue weighted by Crippen LogP contribution is 2.25. The first kappa shape index (κ1) is 18.9. The molecule has 146 valence electrons. The second-order valence-corrected chi connectivity index (χ2v) is 9.46. The van der Waals surface area contributed by atoms with Crippen molar-refractivity contribution in [3.05, 3.63) is 59.7 Å². The molecule has 0 bridgehead atoms. The Bertz CT molecular complexity index is 1100. The van der Waals surface area contributed by atoms with Crippen molar-refractivity contribution < 1.29 is 8.42 Å². The fourth-order valence-electron chi connectivity index (χ4n) is 3.78. The molecule has 1 saturated heterocycles. The molecule has 1 aliphatic heterocycles.